The molecule has 2 aromatic rings. The van der Waals surface area contributed by atoms with Crippen molar-refractivity contribution in [2.24, 2.45) is 0 Å². The fourth-order valence-corrected chi connectivity index (χ4v) is 2.99. The first-order valence-corrected chi connectivity index (χ1v) is 7.65. The number of ether oxygens (including phenoxy) is 1. The van der Waals surface area contributed by atoms with Gasteiger partial charge in [-0.2, -0.15) is 0 Å². The van der Waals surface area contributed by atoms with Crippen molar-refractivity contribution in [1.29, 1.82) is 0 Å². The topological polar surface area (TPSA) is 29.5 Å². The Balaban J connectivity index is 1.60. The number of carbonyl (C=O) groups excluding carboxylic acids is 1. The van der Waals surface area contributed by atoms with Crippen LogP contribution in [0.2, 0.25) is 0 Å². The highest BCUT2D eigenvalue weighted by atomic mass is 16.5. The smallest absolute Gasteiger partial charge is 0.223 e. The van der Waals surface area contributed by atoms with Crippen LogP contribution in [0, 0.1) is 6.92 Å². The summed E-state index contributed by atoms with van der Waals surface area (Å²) < 4.78 is 5.22. The summed E-state index contributed by atoms with van der Waals surface area (Å²) in [6.45, 7) is 3.56. The normalized spacial score (nSPS) is 13.1. The van der Waals surface area contributed by atoms with Crippen LogP contribution in [0.5, 0.6) is 5.75 Å². The standard InChI is InChI=1S/C19H21NO2/c1-14-11-18(22-2)9-7-15(14)8-10-19(21)20-12-16-5-3-4-6-17(16)13-20/h3-7,9,11H,8,10,12-13H2,1-2H3. The van der Waals surface area contributed by atoms with E-state index in [9.17, 15) is 4.79 Å². The van der Waals surface area contributed by atoms with E-state index in [0.29, 0.717) is 6.42 Å². The summed E-state index contributed by atoms with van der Waals surface area (Å²) in [4.78, 5) is 14.4. The molecule has 0 bridgehead atoms. The Bertz CT molecular complexity index is 669. The van der Waals surface area contributed by atoms with E-state index in [1.807, 2.05) is 29.2 Å². The van der Waals surface area contributed by atoms with Gasteiger partial charge in [0.25, 0.3) is 0 Å². The van der Waals surface area contributed by atoms with Gasteiger partial charge in [0.05, 0.1) is 7.11 Å². The van der Waals surface area contributed by atoms with Crippen LogP contribution in [-0.4, -0.2) is 17.9 Å². The van der Waals surface area contributed by atoms with Crippen molar-refractivity contribution < 1.29 is 9.53 Å². The predicted molar refractivity (Wildman–Crippen MR) is 86.7 cm³/mol. The summed E-state index contributed by atoms with van der Waals surface area (Å²) in [5.74, 6) is 1.09. The maximum atomic E-state index is 12.4. The zero-order valence-electron chi connectivity index (χ0n) is 13.1. The summed E-state index contributed by atoms with van der Waals surface area (Å²) in [5.41, 5.74) is 4.94. The van der Waals surface area contributed by atoms with E-state index < -0.39 is 0 Å². The lowest BCUT2D eigenvalue weighted by Gasteiger charge is -2.16. The Morgan fingerprint density at radius 2 is 1.82 bits per heavy atom. The van der Waals surface area contributed by atoms with Crippen LogP contribution in [0.25, 0.3) is 0 Å². The molecule has 0 unspecified atom stereocenters. The largest absolute Gasteiger partial charge is 0.497 e. The quantitative estimate of drug-likeness (QED) is 0.864. The first-order chi connectivity index (χ1) is 10.7. The Labute approximate surface area is 131 Å². The zero-order valence-corrected chi connectivity index (χ0v) is 13.1. The molecule has 22 heavy (non-hydrogen) atoms. The van der Waals surface area contributed by atoms with Crippen molar-refractivity contribution in [1.82, 2.24) is 4.90 Å². The van der Waals surface area contributed by atoms with Gasteiger partial charge in [-0.05, 0) is 47.7 Å². The third kappa shape index (κ3) is 2.98. The van der Waals surface area contributed by atoms with Crippen molar-refractivity contribution in [2.75, 3.05) is 7.11 Å². The van der Waals surface area contributed by atoms with Gasteiger partial charge in [-0.25, -0.2) is 0 Å². The summed E-state index contributed by atoms with van der Waals surface area (Å²) >= 11 is 0. The lowest BCUT2D eigenvalue weighted by atomic mass is 10.0. The monoisotopic (exact) mass is 295 g/mol. The SMILES string of the molecule is COc1ccc(CCC(=O)N2Cc3ccccc3C2)c(C)c1. The van der Waals surface area contributed by atoms with E-state index in [1.54, 1.807) is 7.11 Å². The number of aryl methyl sites for hydroxylation is 2. The second kappa shape index (κ2) is 6.22. The number of hydrogen-bond acceptors (Lipinski definition) is 2. The lowest BCUT2D eigenvalue weighted by Crippen LogP contribution is -2.25. The van der Waals surface area contributed by atoms with Crippen LogP contribution in [0.1, 0.15) is 28.7 Å². The molecule has 1 aliphatic rings. The minimum absolute atomic E-state index is 0.228. The minimum Gasteiger partial charge on any atom is -0.497 e. The lowest BCUT2D eigenvalue weighted by molar-refractivity contribution is -0.131. The highest BCUT2D eigenvalue weighted by Gasteiger charge is 2.22. The van der Waals surface area contributed by atoms with Gasteiger partial charge in [-0.3, -0.25) is 4.79 Å². The number of rotatable bonds is 4. The number of nitrogens with zero attached hydrogens (tertiary/aromatic N) is 1. The molecule has 1 amide bonds. The van der Waals surface area contributed by atoms with Crippen LogP contribution in [0.4, 0.5) is 0 Å². The number of carbonyl (C=O) groups is 1. The van der Waals surface area contributed by atoms with E-state index in [4.69, 9.17) is 4.74 Å². The van der Waals surface area contributed by atoms with Crippen LogP contribution in [0.3, 0.4) is 0 Å². The molecule has 0 spiro atoms. The third-order valence-corrected chi connectivity index (χ3v) is 4.35. The van der Waals surface area contributed by atoms with Gasteiger partial charge in [-0.15, -0.1) is 0 Å². The van der Waals surface area contributed by atoms with Crippen LogP contribution in [-0.2, 0) is 24.3 Å². The molecule has 3 heteroatoms. The molecule has 0 radical (unpaired) electrons. The maximum absolute atomic E-state index is 12.4. The summed E-state index contributed by atoms with van der Waals surface area (Å²) in [5, 5.41) is 0. The molecule has 0 saturated carbocycles. The molecule has 0 fully saturated rings. The van der Waals surface area contributed by atoms with Crippen molar-refractivity contribution in [2.45, 2.75) is 32.9 Å². The average Bonchev–Trinajstić information content (AvgIpc) is 2.97. The molecule has 2 aromatic carbocycles. The third-order valence-electron chi connectivity index (χ3n) is 4.35. The van der Waals surface area contributed by atoms with Crippen molar-refractivity contribution in [3.05, 3.63) is 64.7 Å². The number of fused-ring (bicyclic) bond motifs is 1. The van der Waals surface area contributed by atoms with Crippen LogP contribution in [0.15, 0.2) is 42.5 Å². The van der Waals surface area contributed by atoms with Gasteiger partial charge in [0.15, 0.2) is 0 Å². The number of methoxy groups -OCH3 is 1. The van der Waals surface area contributed by atoms with E-state index in [2.05, 4.69) is 25.1 Å². The minimum atomic E-state index is 0.228. The second-order valence-electron chi connectivity index (χ2n) is 5.81. The van der Waals surface area contributed by atoms with Gasteiger partial charge < -0.3 is 9.64 Å². The summed E-state index contributed by atoms with van der Waals surface area (Å²) in [6, 6.07) is 14.3. The molecule has 0 aromatic heterocycles. The van der Waals surface area contributed by atoms with Crippen LogP contribution >= 0.6 is 0 Å². The molecule has 0 N–H and O–H groups in total. The molecule has 1 heterocycles. The number of benzene rings is 2. The van der Waals surface area contributed by atoms with Gasteiger partial charge in [0, 0.05) is 19.5 Å². The first kappa shape index (κ1) is 14.6. The number of amides is 1. The fourth-order valence-electron chi connectivity index (χ4n) is 2.99. The Morgan fingerprint density at radius 1 is 1.14 bits per heavy atom. The fraction of sp³-hybridized carbons (Fsp3) is 0.316. The van der Waals surface area contributed by atoms with Crippen molar-refractivity contribution >= 4 is 5.91 Å². The molecule has 3 nitrogen and oxygen atoms in total. The average molecular weight is 295 g/mol. The van der Waals surface area contributed by atoms with Gasteiger partial charge >= 0.3 is 0 Å². The molecule has 1 aliphatic heterocycles. The van der Waals surface area contributed by atoms with E-state index >= 15 is 0 Å². The van der Waals surface area contributed by atoms with Gasteiger partial charge in [-0.1, -0.05) is 30.3 Å². The highest BCUT2D eigenvalue weighted by molar-refractivity contribution is 5.77. The molecule has 0 atom stereocenters. The van der Waals surface area contributed by atoms with Crippen molar-refractivity contribution in [3.63, 3.8) is 0 Å². The van der Waals surface area contributed by atoms with E-state index in [-0.39, 0.29) is 5.91 Å². The molecule has 0 saturated heterocycles. The molecule has 114 valence electrons. The van der Waals surface area contributed by atoms with E-state index in [1.165, 1.54) is 22.3 Å². The van der Waals surface area contributed by atoms with Crippen LogP contribution < -0.4 is 4.74 Å². The van der Waals surface area contributed by atoms with E-state index in [0.717, 1.165) is 25.3 Å². The predicted octanol–water partition coefficient (Wildman–Crippen LogP) is 3.48. The summed E-state index contributed by atoms with van der Waals surface area (Å²) in [6.07, 6.45) is 1.34. The molecule has 0 aliphatic carbocycles. The molecular formula is C19H21NO2. The zero-order chi connectivity index (χ0) is 15.5. The Morgan fingerprint density at radius 3 is 2.41 bits per heavy atom. The first-order valence-electron chi connectivity index (χ1n) is 7.65. The van der Waals surface area contributed by atoms with Crippen molar-refractivity contribution in [3.8, 4) is 5.75 Å². The summed E-state index contributed by atoms with van der Waals surface area (Å²) in [7, 11) is 1.67. The van der Waals surface area contributed by atoms with Gasteiger partial charge in [0.2, 0.25) is 5.91 Å². The van der Waals surface area contributed by atoms with Gasteiger partial charge in [0.1, 0.15) is 5.75 Å². The molecule has 3 rings (SSSR count). The maximum Gasteiger partial charge on any atom is 0.223 e. The second-order valence-corrected chi connectivity index (χ2v) is 5.81. The molecular weight excluding hydrogens is 274 g/mol. The Kier molecular flexibility index (Phi) is 4.14. The number of hydrogen-bond donors (Lipinski definition) is 0. The Hall–Kier alpha value is -2.29. The highest BCUT2D eigenvalue weighted by Crippen LogP contribution is 2.24.